The summed E-state index contributed by atoms with van der Waals surface area (Å²) >= 11 is 7.49. The van der Waals surface area contributed by atoms with E-state index in [0.29, 0.717) is 15.8 Å². The summed E-state index contributed by atoms with van der Waals surface area (Å²) in [6, 6.07) is 6.02. The van der Waals surface area contributed by atoms with Crippen molar-refractivity contribution in [3.8, 4) is 0 Å². The third kappa shape index (κ3) is 2.01. The maximum Gasteiger partial charge on any atom is 0.139 e. The fraction of sp³-hybridized carbons (Fsp3) is 0.100. The highest BCUT2D eigenvalue weighted by atomic mass is 35.5. The van der Waals surface area contributed by atoms with Crippen LogP contribution in [0.3, 0.4) is 0 Å². The van der Waals surface area contributed by atoms with Gasteiger partial charge < -0.3 is 0 Å². The molecule has 0 N–H and O–H groups in total. The Bertz CT molecular complexity index is 439. The second-order valence-electron chi connectivity index (χ2n) is 2.88. The van der Waals surface area contributed by atoms with E-state index in [9.17, 15) is 4.39 Å². The molecule has 0 aliphatic carbocycles. The van der Waals surface area contributed by atoms with Crippen LogP contribution in [-0.2, 0) is 0 Å². The van der Waals surface area contributed by atoms with Gasteiger partial charge in [0.15, 0.2) is 0 Å². The Morgan fingerprint density at radius 3 is 2.47 bits per heavy atom. The zero-order valence-corrected chi connectivity index (χ0v) is 9.44. The second kappa shape index (κ2) is 4.24. The lowest BCUT2D eigenvalue weighted by molar-refractivity contribution is 0.627. The van der Waals surface area contributed by atoms with Gasteiger partial charge in [-0.3, -0.25) is 0 Å². The lowest BCUT2D eigenvalue weighted by atomic mass is 10.1. The molecular formula is C10H7ClFN2S. The van der Waals surface area contributed by atoms with Gasteiger partial charge in [-0.2, -0.15) is 0 Å². The molecule has 1 radical (unpaired) electrons. The van der Waals surface area contributed by atoms with Gasteiger partial charge in [-0.1, -0.05) is 11.6 Å². The van der Waals surface area contributed by atoms with Crippen molar-refractivity contribution in [2.75, 3.05) is 6.26 Å². The molecule has 1 aromatic carbocycles. The van der Waals surface area contributed by atoms with Crippen LogP contribution in [0.1, 0.15) is 5.56 Å². The molecule has 0 unspecified atom stereocenters. The topological polar surface area (TPSA) is 26.5 Å². The predicted octanol–water partition coefficient (Wildman–Crippen LogP) is 3.03. The van der Waals surface area contributed by atoms with E-state index in [1.54, 1.807) is 12.1 Å². The van der Waals surface area contributed by atoms with E-state index in [1.165, 1.54) is 23.9 Å². The smallest absolute Gasteiger partial charge is 0.139 e. The highest BCUT2D eigenvalue weighted by Gasteiger charge is 2.20. The van der Waals surface area contributed by atoms with Crippen molar-refractivity contribution in [2.45, 2.75) is 0 Å². The van der Waals surface area contributed by atoms with Crippen molar-refractivity contribution in [2.24, 2.45) is 5.10 Å². The highest BCUT2D eigenvalue weighted by molar-refractivity contribution is 8.14. The van der Waals surface area contributed by atoms with Crippen LogP contribution >= 0.6 is 23.4 Å². The number of rotatable bonds is 1. The quantitative estimate of drug-likeness (QED) is 0.742. The van der Waals surface area contributed by atoms with Crippen molar-refractivity contribution in [1.29, 1.82) is 0 Å². The van der Waals surface area contributed by atoms with Crippen LogP contribution < -0.4 is 5.43 Å². The zero-order chi connectivity index (χ0) is 10.8. The first kappa shape index (κ1) is 10.5. The highest BCUT2D eigenvalue weighted by Crippen LogP contribution is 2.29. The number of hydrogen-bond donors (Lipinski definition) is 0. The molecule has 2 nitrogen and oxygen atoms in total. The first-order valence-electron chi connectivity index (χ1n) is 4.21. The molecule has 0 fully saturated rings. The first-order valence-corrected chi connectivity index (χ1v) is 5.81. The van der Waals surface area contributed by atoms with Gasteiger partial charge >= 0.3 is 0 Å². The van der Waals surface area contributed by atoms with Crippen LogP contribution in [0.5, 0.6) is 0 Å². The lowest BCUT2D eigenvalue weighted by Gasteiger charge is -2.00. The summed E-state index contributed by atoms with van der Waals surface area (Å²) < 4.78 is 12.7. The van der Waals surface area contributed by atoms with E-state index >= 15 is 0 Å². The molecule has 0 saturated heterocycles. The van der Waals surface area contributed by atoms with Crippen molar-refractivity contribution in [1.82, 2.24) is 5.43 Å². The van der Waals surface area contributed by atoms with Crippen LogP contribution in [0.2, 0.25) is 0 Å². The van der Waals surface area contributed by atoms with E-state index in [-0.39, 0.29) is 5.82 Å². The van der Waals surface area contributed by atoms with Gasteiger partial charge in [-0.15, -0.1) is 22.3 Å². The lowest BCUT2D eigenvalue weighted by Crippen LogP contribution is -1.92. The number of hydrogen-bond acceptors (Lipinski definition) is 2. The summed E-state index contributed by atoms with van der Waals surface area (Å²) in [4.78, 5) is 0. The molecule has 0 bridgehead atoms. The molecule has 0 aromatic heterocycles. The fourth-order valence-electron chi connectivity index (χ4n) is 1.21. The van der Waals surface area contributed by atoms with Gasteiger partial charge in [0.2, 0.25) is 0 Å². The van der Waals surface area contributed by atoms with Gasteiger partial charge in [0, 0.05) is 5.56 Å². The van der Waals surface area contributed by atoms with Gasteiger partial charge in [0.1, 0.15) is 21.6 Å². The molecule has 15 heavy (non-hydrogen) atoms. The first-order chi connectivity index (χ1) is 7.22. The molecule has 1 aromatic rings. The summed E-state index contributed by atoms with van der Waals surface area (Å²) in [5.41, 5.74) is 5.33. The molecule has 0 amide bonds. The Morgan fingerprint density at radius 2 is 1.93 bits per heavy atom. The predicted molar refractivity (Wildman–Crippen MR) is 62.3 cm³/mol. The summed E-state index contributed by atoms with van der Waals surface area (Å²) in [5.74, 6) is -0.278. The van der Waals surface area contributed by atoms with E-state index in [0.717, 1.165) is 5.56 Å². The molecule has 77 valence electrons. The molecule has 0 spiro atoms. The SMILES string of the molecule is CSC1=N[N]C(c2ccc(F)cc2)=C1Cl. The van der Waals surface area contributed by atoms with Crippen LogP contribution in [0.4, 0.5) is 4.39 Å². The molecule has 0 saturated carbocycles. The second-order valence-corrected chi connectivity index (χ2v) is 4.05. The number of benzene rings is 1. The Kier molecular flexibility index (Phi) is 2.98. The van der Waals surface area contributed by atoms with Gasteiger partial charge in [-0.25, -0.2) is 4.39 Å². The van der Waals surface area contributed by atoms with E-state index < -0.39 is 0 Å². The molecule has 1 heterocycles. The summed E-state index contributed by atoms with van der Waals surface area (Å²) in [6.45, 7) is 0. The summed E-state index contributed by atoms with van der Waals surface area (Å²) in [5, 5.41) is 5.13. The van der Waals surface area contributed by atoms with E-state index in [4.69, 9.17) is 11.6 Å². The number of nitrogens with zero attached hydrogens (tertiary/aromatic N) is 2. The summed E-state index contributed by atoms with van der Waals surface area (Å²) in [7, 11) is 0. The standard InChI is InChI=1S/C10H7ClFN2S/c1-15-10-8(11)9(13-14-10)6-2-4-7(12)5-3-6/h2-5H,1H3. The van der Waals surface area contributed by atoms with E-state index in [2.05, 4.69) is 10.5 Å². The van der Waals surface area contributed by atoms with Gasteiger partial charge in [-0.05, 0) is 30.5 Å². The van der Waals surface area contributed by atoms with Crippen molar-refractivity contribution < 1.29 is 4.39 Å². The Morgan fingerprint density at radius 1 is 1.27 bits per heavy atom. The van der Waals surface area contributed by atoms with Crippen molar-refractivity contribution in [3.63, 3.8) is 0 Å². The van der Waals surface area contributed by atoms with Gasteiger partial charge in [0.05, 0.1) is 0 Å². The average Bonchev–Trinajstić information content (AvgIpc) is 2.61. The molecule has 0 atom stereocenters. The summed E-state index contributed by atoms with van der Waals surface area (Å²) in [6.07, 6.45) is 1.88. The van der Waals surface area contributed by atoms with Gasteiger partial charge in [0.25, 0.3) is 0 Å². The van der Waals surface area contributed by atoms with Crippen LogP contribution in [0, 0.1) is 5.82 Å². The number of thioether (sulfide) groups is 1. The minimum Gasteiger partial charge on any atom is -0.207 e. The van der Waals surface area contributed by atoms with Crippen LogP contribution in [0.15, 0.2) is 34.4 Å². The third-order valence-electron chi connectivity index (χ3n) is 1.95. The molecule has 2 rings (SSSR count). The number of halogens is 2. The minimum atomic E-state index is -0.278. The molecule has 1 aliphatic rings. The fourth-order valence-corrected chi connectivity index (χ4v) is 2.02. The van der Waals surface area contributed by atoms with Crippen LogP contribution in [0.25, 0.3) is 5.70 Å². The Balaban J connectivity index is 2.34. The molecule has 1 aliphatic heterocycles. The third-order valence-corrected chi connectivity index (χ3v) is 3.09. The largest absolute Gasteiger partial charge is 0.207 e. The van der Waals surface area contributed by atoms with Crippen molar-refractivity contribution >= 4 is 34.1 Å². The maximum atomic E-state index is 12.7. The minimum absolute atomic E-state index is 0.278. The van der Waals surface area contributed by atoms with E-state index in [1.807, 2.05) is 6.26 Å². The monoisotopic (exact) mass is 241 g/mol. The Labute approximate surface area is 96.2 Å². The zero-order valence-electron chi connectivity index (χ0n) is 7.87. The maximum absolute atomic E-state index is 12.7. The Hall–Kier alpha value is -1.00. The van der Waals surface area contributed by atoms with Crippen LogP contribution in [-0.4, -0.2) is 11.3 Å². The molecular weight excluding hydrogens is 235 g/mol. The average molecular weight is 242 g/mol. The normalized spacial score (nSPS) is 15.3. The molecule has 5 heteroatoms. The van der Waals surface area contributed by atoms with Crippen molar-refractivity contribution in [3.05, 3.63) is 40.7 Å².